The number of ether oxygens (including phenoxy) is 1. The van der Waals surface area contributed by atoms with Gasteiger partial charge in [0.15, 0.2) is 3.95 Å². The van der Waals surface area contributed by atoms with Gasteiger partial charge in [-0.25, -0.2) is 0 Å². The second kappa shape index (κ2) is 18.6. The molecule has 0 spiro atoms. The highest BCUT2D eigenvalue weighted by Crippen LogP contribution is 2.48. The molecule has 1 aromatic carbocycles. The Bertz CT molecular complexity index is 1800. The zero-order valence-electron chi connectivity index (χ0n) is 32.4. The molecular formula is C41H61N2O5PS2. The number of aromatic hydroxyl groups is 1. The minimum absolute atomic E-state index is 0.00313. The number of aromatic amines is 1. The van der Waals surface area contributed by atoms with Crippen LogP contribution < -0.4 is 19.1 Å². The van der Waals surface area contributed by atoms with Crippen LogP contribution in [0, 0.1) is 49.4 Å². The lowest BCUT2D eigenvalue weighted by molar-refractivity contribution is 0.0512. The van der Waals surface area contributed by atoms with Crippen LogP contribution in [-0.4, -0.2) is 25.6 Å². The highest BCUT2D eigenvalue weighted by Gasteiger charge is 2.35. The molecule has 0 saturated carbocycles. The molecule has 51 heavy (non-hydrogen) atoms. The van der Waals surface area contributed by atoms with E-state index in [2.05, 4.69) is 58.1 Å². The van der Waals surface area contributed by atoms with Crippen molar-refractivity contribution in [2.24, 2.45) is 17.8 Å². The summed E-state index contributed by atoms with van der Waals surface area (Å²) in [5.74, 6) is 4.05. The largest absolute Gasteiger partial charge is 0.505 e. The van der Waals surface area contributed by atoms with Crippen molar-refractivity contribution in [3.05, 3.63) is 59.1 Å². The number of hydrogen-bond acceptors (Lipinski definition) is 8. The first-order valence-electron chi connectivity index (χ1n) is 18.8. The lowest BCUT2D eigenvalue weighted by Gasteiger charge is -2.38. The number of H-pyrrole nitrogens is 1. The number of nitrogens with one attached hydrogen (secondary N) is 1. The van der Waals surface area contributed by atoms with Gasteiger partial charge in [0.05, 0.1) is 16.8 Å². The predicted octanol–water partition coefficient (Wildman–Crippen LogP) is 10.7. The van der Waals surface area contributed by atoms with E-state index in [-0.39, 0.29) is 18.0 Å². The fraction of sp³-hybridized carbons (Fsp3) is 0.610. The molecule has 0 aliphatic carbocycles. The van der Waals surface area contributed by atoms with E-state index in [9.17, 15) is 10.00 Å². The van der Waals surface area contributed by atoms with Crippen molar-refractivity contribution in [2.45, 2.75) is 145 Å². The summed E-state index contributed by atoms with van der Waals surface area (Å²) >= 11 is 6.63. The number of aromatic nitrogens is 2. The smallest absolute Gasteiger partial charge is 0.394 e. The molecule has 7 nitrogen and oxygen atoms in total. The molecule has 4 atom stereocenters. The molecule has 282 valence electrons. The number of rotatable bonds is 18. The van der Waals surface area contributed by atoms with Gasteiger partial charge in [0.25, 0.3) is 0 Å². The summed E-state index contributed by atoms with van der Waals surface area (Å²) in [5.41, 5.74) is 5.56. The van der Waals surface area contributed by atoms with Gasteiger partial charge in [0.2, 0.25) is 0 Å². The molecule has 0 fully saturated rings. The van der Waals surface area contributed by atoms with Gasteiger partial charge < -0.3 is 24.2 Å². The van der Waals surface area contributed by atoms with Gasteiger partial charge in [-0.05, 0) is 113 Å². The highest BCUT2D eigenvalue weighted by atomic mass is 32.1. The van der Waals surface area contributed by atoms with Crippen LogP contribution in [0.4, 0.5) is 0 Å². The summed E-state index contributed by atoms with van der Waals surface area (Å²) in [4.78, 5) is 18.3. The normalized spacial score (nSPS) is 18.1. The third kappa shape index (κ3) is 11.4. The molecule has 0 saturated heterocycles. The van der Waals surface area contributed by atoms with E-state index in [4.69, 9.17) is 26.0 Å². The maximum atomic E-state index is 11.0. The number of pyridine rings is 1. The standard InChI is InChI=1S/C41H61N2O5PS2/c1-25(2)14-11-15-26(3)16-12-17-27(4)18-13-20-41(10)21-19-34-30(7)38(28(5)29(6)39(34)47-41)48-49(45)46-24-33-23-42-32(9)37(44)35(33)22-36-31(8)43-40(50)51-36/h22-23,25-27,44-45H,8,11-21,24H2,1-7,9-10H3,(H,43,50)/b36-22-. The minimum Gasteiger partial charge on any atom is -0.505 e. The first-order chi connectivity index (χ1) is 24.1. The Kier molecular flexibility index (Phi) is 15.2. The van der Waals surface area contributed by atoms with E-state index < -0.39 is 8.60 Å². The highest BCUT2D eigenvalue weighted by molar-refractivity contribution is 7.73. The first kappa shape index (κ1) is 41.5. The number of hydrogen-bond donors (Lipinski definition) is 3. The maximum Gasteiger partial charge on any atom is 0.394 e. The summed E-state index contributed by atoms with van der Waals surface area (Å²) in [6, 6.07) is 0. The van der Waals surface area contributed by atoms with E-state index >= 15 is 0 Å². The molecule has 2 aromatic heterocycles. The molecule has 3 heterocycles. The fourth-order valence-corrected chi connectivity index (χ4v) is 9.02. The van der Waals surface area contributed by atoms with Crippen molar-refractivity contribution in [3.8, 4) is 17.2 Å². The van der Waals surface area contributed by atoms with Crippen LogP contribution in [0.15, 0.2) is 6.20 Å². The molecule has 0 bridgehead atoms. The zero-order valence-corrected chi connectivity index (χ0v) is 34.9. The minimum atomic E-state index is -2.27. The third-order valence-electron chi connectivity index (χ3n) is 10.7. The van der Waals surface area contributed by atoms with Crippen molar-refractivity contribution < 1.29 is 23.8 Å². The summed E-state index contributed by atoms with van der Waals surface area (Å²) < 4.78 is 20.2. The molecule has 3 N–H and O–H groups in total. The van der Waals surface area contributed by atoms with Gasteiger partial charge in [-0.3, -0.25) is 9.51 Å². The molecule has 10 heteroatoms. The van der Waals surface area contributed by atoms with Gasteiger partial charge in [0.1, 0.15) is 22.8 Å². The molecule has 3 aromatic rings. The van der Waals surface area contributed by atoms with Gasteiger partial charge in [-0.15, -0.1) is 11.3 Å². The number of thiazole rings is 1. The van der Waals surface area contributed by atoms with Gasteiger partial charge >= 0.3 is 8.60 Å². The van der Waals surface area contributed by atoms with Crippen LogP contribution in [-0.2, 0) is 17.6 Å². The van der Waals surface area contributed by atoms with Crippen LogP contribution in [0.5, 0.6) is 17.2 Å². The second-order valence-corrected chi connectivity index (χ2v) is 18.3. The van der Waals surface area contributed by atoms with Crippen molar-refractivity contribution in [3.63, 3.8) is 0 Å². The lowest BCUT2D eigenvalue weighted by Crippen LogP contribution is -2.37. The van der Waals surface area contributed by atoms with E-state index in [1.54, 1.807) is 13.1 Å². The Morgan fingerprint density at radius 1 is 1.04 bits per heavy atom. The van der Waals surface area contributed by atoms with Crippen LogP contribution in [0.3, 0.4) is 0 Å². The van der Waals surface area contributed by atoms with Gasteiger partial charge in [-0.1, -0.05) is 79.2 Å². The Morgan fingerprint density at radius 2 is 1.69 bits per heavy atom. The molecule has 1 aliphatic heterocycles. The van der Waals surface area contributed by atoms with Crippen LogP contribution >= 0.6 is 32.2 Å². The van der Waals surface area contributed by atoms with E-state index in [0.717, 1.165) is 69.6 Å². The van der Waals surface area contributed by atoms with Crippen molar-refractivity contribution in [1.29, 1.82) is 0 Å². The average molecular weight is 757 g/mol. The zero-order chi connectivity index (χ0) is 37.5. The molecule has 4 rings (SSSR count). The molecular weight excluding hydrogens is 696 g/mol. The summed E-state index contributed by atoms with van der Waals surface area (Å²) in [6.45, 7) is 23.6. The Balaban J connectivity index is 1.34. The van der Waals surface area contributed by atoms with E-state index in [0.29, 0.717) is 31.9 Å². The topological polar surface area (TPSA) is 96.8 Å². The Hall–Kier alpha value is -2.29. The van der Waals surface area contributed by atoms with Crippen LogP contribution in [0.1, 0.15) is 138 Å². The number of nitrogens with zero attached hydrogens (tertiary/aromatic N) is 1. The molecule has 0 radical (unpaired) electrons. The first-order valence-corrected chi connectivity index (χ1v) is 21.1. The SMILES string of the molecule is C=c1[nH]c(=S)s/c1=C\c1c(COP(O)Oc2c(C)c(C)c3c(c2C)CCC(C)(CCCC(C)CCCC(C)CCCC(C)C)O3)cnc(C)c1O. The van der Waals surface area contributed by atoms with Crippen molar-refractivity contribution >= 4 is 44.8 Å². The molecule has 4 unspecified atom stereocenters. The van der Waals surface area contributed by atoms with Gasteiger partial charge in [-0.2, -0.15) is 0 Å². The summed E-state index contributed by atoms with van der Waals surface area (Å²) in [6.07, 6.45) is 16.9. The number of aryl methyl sites for hydroxylation is 1. The molecule has 1 aliphatic rings. The van der Waals surface area contributed by atoms with Crippen LogP contribution in [0.2, 0.25) is 0 Å². The average Bonchev–Trinajstić information content (AvgIpc) is 3.39. The van der Waals surface area contributed by atoms with E-state index in [1.807, 2.05) is 19.9 Å². The van der Waals surface area contributed by atoms with Crippen molar-refractivity contribution in [2.75, 3.05) is 0 Å². The maximum absolute atomic E-state index is 11.0. The quantitative estimate of drug-likeness (QED) is 0.0878. The number of fused-ring (bicyclic) bond motifs is 1. The summed E-state index contributed by atoms with van der Waals surface area (Å²) in [7, 11) is -2.27. The lowest BCUT2D eigenvalue weighted by atomic mass is 9.84. The monoisotopic (exact) mass is 756 g/mol. The van der Waals surface area contributed by atoms with Crippen LogP contribution in [0.25, 0.3) is 12.7 Å². The predicted molar refractivity (Wildman–Crippen MR) is 216 cm³/mol. The second-order valence-electron chi connectivity index (χ2n) is 15.7. The van der Waals surface area contributed by atoms with Gasteiger partial charge in [0, 0.05) is 28.2 Å². The Labute approximate surface area is 316 Å². The molecule has 0 amide bonds. The fourth-order valence-electron chi connectivity index (χ4n) is 7.17. The Morgan fingerprint density at radius 3 is 2.31 bits per heavy atom. The van der Waals surface area contributed by atoms with E-state index in [1.165, 1.54) is 62.7 Å². The van der Waals surface area contributed by atoms with Crippen molar-refractivity contribution in [1.82, 2.24) is 9.97 Å². The number of benzene rings is 1. The summed E-state index contributed by atoms with van der Waals surface area (Å²) in [5, 5.41) is 11.5. The third-order valence-corrected chi connectivity index (χ3v) is 12.6.